The smallest absolute Gasteiger partial charge is 0.168 e. The third-order valence-corrected chi connectivity index (χ3v) is 4.07. The second-order valence-electron chi connectivity index (χ2n) is 6.47. The Morgan fingerprint density at radius 3 is 2.75 bits per heavy atom. The highest BCUT2D eigenvalue weighted by molar-refractivity contribution is 5.98. The number of Topliss-reactive ketones (excluding diaryl/α,β-unsaturated/α-hetero) is 1. The van der Waals surface area contributed by atoms with Crippen LogP contribution >= 0.6 is 0 Å². The minimum atomic E-state index is -0.142. The van der Waals surface area contributed by atoms with E-state index >= 15 is 0 Å². The molecule has 0 atom stereocenters. The fourth-order valence-electron chi connectivity index (χ4n) is 2.79. The zero-order valence-electron chi connectivity index (χ0n) is 15.6. The van der Waals surface area contributed by atoms with Crippen molar-refractivity contribution >= 4 is 11.6 Å². The summed E-state index contributed by atoms with van der Waals surface area (Å²) < 4.78 is 0. The summed E-state index contributed by atoms with van der Waals surface area (Å²) in [6, 6.07) is 10.2. The Hall–Kier alpha value is -3.32. The molecule has 3 N–H and O–H groups in total. The molecule has 0 aliphatic heterocycles. The number of rotatable bonds is 8. The maximum atomic E-state index is 12.7. The standard InChI is InChI=1S/C21H22N4O3/c1-14-8-16(10-18(27)9-14)19(28)11-17-12-20(23-6-3-7-26)25-21(24-17)15-4-2-5-22-13-15/h2,4-5,8-10,12-13,26-27H,3,6-7,11H2,1H3,(H,23,24,25). The number of anilines is 1. The van der Waals surface area contributed by atoms with Gasteiger partial charge < -0.3 is 15.5 Å². The van der Waals surface area contributed by atoms with E-state index in [-0.39, 0.29) is 24.6 Å². The lowest BCUT2D eigenvalue weighted by molar-refractivity contribution is 0.0991. The number of carbonyl (C=O) groups excluding carboxylic acids is 1. The number of aliphatic hydroxyl groups is 1. The van der Waals surface area contributed by atoms with Crippen LogP contribution in [-0.2, 0) is 6.42 Å². The average Bonchev–Trinajstić information content (AvgIpc) is 2.68. The Morgan fingerprint density at radius 2 is 2.04 bits per heavy atom. The summed E-state index contributed by atoms with van der Waals surface area (Å²) in [5, 5.41) is 21.9. The summed E-state index contributed by atoms with van der Waals surface area (Å²) in [5.74, 6) is 0.971. The second kappa shape index (κ2) is 9.05. The zero-order valence-corrected chi connectivity index (χ0v) is 15.6. The minimum Gasteiger partial charge on any atom is -0.508 e. The SMILES string of the molecule is Cc1cc(O)cc(C(=O)Cc2cc(NCCCO)nc(-c3cccnc3)n2)c1. The van der Waals surface area contributed by atoms with Crippen LogP contribution in [0.3, 0.4) is 0 Å². The monoisotopic (exact) mass is 378 g/mol. The summed E-state index contributed by atoms with van der Waals surface area (Å²) in [7, 11) is 0. The Morgan fingerprint density at radius 1 is 1.18 bits per heavy atom. The van der Waals surface area contributed by atoms with E-state index in [1.54, 1.807) is 36.7 Å². The number of phenolic OH excluding ortho intramolecular Hbond substituents is 1. The first-order valence-corrected chi connectivity index (χ1v) is 9.02. The van der Waals surface area contributed by atoms with Crippen LogP contribution in [-0.4, -0.2) is 44.1 Å². The van der Waals surface area contributed by atoms with Gasteiger partial charge in [0.15, 0.2) is 11.6 Å². The third kappa shape index (κ3) is 5.11. The molecule has 7 heteroatoms. The first kappa shape index (κ1) is 19.4. The van der Waals surface area contributed by atoms with Gasteiger partial charge in [0.2, 0.25) is 0 Å². The van der Waals surface area contributed by atoms with Crippen LogP contribution in [0.2, 0.25) is 0 Å². The van der Waals surface area contributed by atoms with Crippen LogP contribution in [0.25, 0.3) is 11.4 Å². The van der Waals surface area contributed by atoms with E-state index in [2.05, 4.69) is 20.3 Å². The van der Waals surface area contributed by atoms with E-state index in [4.69, 9.17) is 5.11 Å². The predicted octanol–water partition coefficient (Wildman–Crippen LogP) is 2.77. The Bertz CT molecular complexity index is 941. The number of benzene rings is 1. The molecule has 0 saturated carbocycles. The first-order chi connectivity index (χ1) is 13.5. The molecule has 2 heterocycles. The highest BCUT2D eigenvalue weighted by Gasteiger charge is 2.13. The molecule has 0 saturated heterocycles. The quantitative estimate of drug-likeness (QED) is 0.408. The van der Waals surface area contributed by atoms with Gasteiger partial charge in [0, 0.05) is 42.7 Å². The Labute approximate surface area is 163 Å². The van der Waals surface area contributed by atoms with Crippen LogP contribution < -0.4 is 5.32 Å². The van der Waals surface area contributed by atoms with E-state index in [1.807, 2.05) is 13.0 Å². The lowest BCUT2D eigenvalue weighted by atomic mass is 10.0. The molecule has 0 aliphatic carbocycles. The van der Waals surface area contributed by atoms with Crippen LogP contribution in [0.5, 0.6) is 5.75 Å². The number of aliphatic hydroxyl groups excluding tert-OH is 1. The van der Waals surface area contributed by atoms with Crippen LogP contribution in [0.15, 0.2) is 48.8 Å². The fraction of sp³-hybridized carbons (Fsp3) is 0.238. The molecule has 0 fully saturated rings. The number of aromatic nitrogens is 3. The molecule has 0 radical (unpaired) electrons. The van der Waals surface area contributed by atoms with Crippen molar-refractivity contribution in [2.24, 2.45) is 0 Å². The molecule has 0 bridgehead atoms. The number of hydrogen-bond acceptors (Lipinski definition) is 7. The molecule has 144 valence electrons. The largest absolute Gasteiger partial charge is 0.508 e. The van der Waals surface area contributed by atoms with Crippen molar-refractivity contribution < 1.29 is 15.0 Å². The van der Waals surface area contributed by atoms with Crippen molar-refractivity contribution in [3.63, 3.8) is 0 Å². The molecule has 2 aromatic heterocycles. The van der Waals surface area contributed by atoms with Gasteiger partial charge in [0.05, 0.1) is 12.1 Å². The van der Waals surface area contributed by atoms with E-state index in [0.717, 1.165) is 11.1 Å². The molecule has 0 aliphatic rings. The number of carbonyl (C=O) groups is 1. The molecular weight excluding hydrogens is 356 g/mol. The van der Waals surface area contributed by atoms with Crippen molar-refractivity contribution in [3.8, 4) is 17.1 Å². The number of nitrogens with one attached hydrogen (secondary N) is 1. The second-order valence-corrected chi connectivity index (χ2v) is 6.47. The van der Waals surface area contributed by atoms with Crippen LogP contribution in [0, 0.1) is 6.92 Å². The number of phenols is 1. The lowest BCUT2D eigenvalue weighted by Gasteiger charge is -2.10. The number of pyridine rings is 1. The minimum absolute atomic E-state index is 0.0634. The van der Waals surface area contributed by atoms with Crippen molar-refractivity contribution in [3.05, 3.63) is 65.6 Å². The van der Waals surface area contributed by atoms with Crippen molar-refractivity contribution in [2.45, 2.75) is 19.8 Å². The summed E-state index contributed by atoms with van der Waals surface area (Å²) in [4.78, 5) is 25.8. The zero-order chi connectivity index (χ0) is 19.9. The van der Waals surface area contributed by atoms with Gasteiger partial charge in [-0.05, 0) is 49.2 Å². The van der Waals surface area contributed by atoms with Gasteiger partial charge in [0.1, 0.15) is 11.6 Å². The van der Waals surface area contributed by atoms with Crippen molar-refractivity contribution in [1.29, 1.82) is 0 Å². The molecule has 28 heavy (non-hydrogen) atoms. The van der Waals surface area contributed by atoms with E-state index in [0.29, 0.717) is 35.9 Å². The summed E-state index contributed by atoms with van der Waals surface area (Å²) in [5.41, 5.74) is 2.56. The summed E-state index contributed by atoms with van der Waals surface area (Å²) in [6.45, 7) is 2.46. The van der Waals surface area contributed by atoms with Gasteiger partial charge in [0.25, 0.3) is 0 Å². The summed E-state index contributed by atoms with van der Waals surface area (Å²) >= 11 is 0. The van der Waals surface area contributed by atoms with Gasteiger partial charge in [-0.2, -0.15) is 0 Å². The fourth-order valence-corrected chi connectivity index (χ4v) is 2.79. The normalized spacial score (nSPS) is 10.6. The highest BCUT2D eigenvalue weighted by atomic mass is 16.3. The number of hydrogen-bond donors (Lipinski definition) is 3. The van der Waals surface area contributed by atoms with Crippen molar-refractivity contribution in [2.75, 3.05) is 18.5 Å². The van der Waals surface area contributed by atoms with E-state index in [1.165, 1.54) is 6.07 Å². The molecule has 0 spiro atoms. The maximum Gasteiger partial charge on any atom is 0.168 e. The van der Waals surface area contributed by atoms with Gasteiger partial charge >= 0.3 is 0 Å². The van der Waals surface area contributed by atoms with Crippen LogP contribution in [0.1, 0.15) is 28.0 Å². The van der Waals surface area contributed by atoms with Gasteiger partial charge in [-0.1, -0.05) is 0 Å². The average molecular weight is 378 g/mol. The molecular formula is C21H22N4O3. The predicted molar refractivity (Wildman–Crippen MR) is 106 cm³/mol. The maximum absolute atomic E-state index is 12.7. The summed E-state index contributed by atoms with van der Waals surface area (Å²) in [6.07, 6.45) is 3.99. The molecule has 3 rings (SSSR count). The number of aryl methyl sites for hydroxylation is 1. The van der Waals surface area contributed by atoms with Gasteiger partial charge in [-0.3, -0.25) is 9.78 Å². The third-order valence-electron chi connectivity index (χ3n) is 4.07. The molecule has 3 aromatic rings. The molecule has 7 nitrogen and oxygen atoms in total. The van der Waals surface area contributed by atoms with E-state index < -0.39 is 0 Å². The highest BCUT2D eigenvalue weighted by Crippen LogP contribution is 2.20. The van der Waals surface area contributed by atoms with E-state index in [9.17, 15) is 9.90 Å². The Kier molecular flexibility index (Phi) is 6.29. The van der Waals surface area contributed by atoms with Crippen molar-refractivity contribution in [1.82, 2.24) is 15.0 Å². The first-order valence-electron chi connectivity index (χ1n) is 9.02. The Balaban J connectivity index is 1.90. The number of nitrogens with zero attached hydrogens (tertiary/aromatic N) is 3. The van der Waals surface area contributed by atoms with Gasteiger partial charge in [-0.25, -0.2) is 9.97 Å². The molecule has 1 aromatic carbocycles. The number of ketones is 1. The topological polar surface area (TPSA) is 108 Å². The number of aromatic hydroxyl groups is 1. The van der Waals surface area contributed by atoms with Crippen LogP contribution in [0.4, 0.5) is 5.82 Å². The molecule has 0 unspecified atom stereocenters. The molecule has 0 amide bonds. The van der Waals surface area contributed by atoms with Gasteiger partial charge in [-0.15, -0.1) is 0 Å². The lowest BCUT2D eigenvalue weighted by Crippen LogP contribution is -2.10.